The normalized spacial score (nSPS) is 11.4. The third-order valence-corrected chi connectivity index (χ3v) is 7.69. The van der Waals surface area contributed by atoms with Gasteiger partial charge in [0.1, 0.15) is 29.0 Å². The summed E-state index contributed by atoms with van der Waals surface area (Å²) < 4.78 is 17.7. The number of hydrogen-bond acceptors (Lipinski definition) is 5. The van der Waals surface area contributed by atoms with Gasteiger partial charge in [0.25, 0.3) is 11.8 Å². The van der Waals surface area contributed by atoms with Gasteiger partial charge in [-0.2, -0.15) is 10.4 Å². The molecule has 3 aromatic heterocycles. The predicted molar refractivity (Wildman–Crippen MR) is 164 cm³/mol. The second-order valence-electron chi connectivity index (χ2n) is 10.1. The Morgan fingerprint density at radius 3 is 2.70 bits per heavy atom. The standard InChI is InChI=1S/C33H27ClFN7O2/c1-21-9-10-24(18-23(21)11-12-26-20-38-30-8-5-15-39-42(26)30)32(43)37-16-17-41-25(19-36)13-14-29(41)33(44)40(3)22(2)31-27(34)6-4-7-28(31)35/h4-10,13-15,18,20,22H,16-17H2,1-3H3,(H,37,43)/t22-/m1/s1. The van der Waals surface area contributed by atoms with Gasteiger partial charge in [0.05, 0.1) is 12.2 Å². The van der Waals surface area contributed by atoms with Crippen molar-refractivity contribution in [2.45, 2.75) is 26.4 Å². The number of rotatable bonds is 7. The lowest BCUT2D eigenvalue weighted by atomic mass is 10.0. The molecule has 11 heteroatoms. The fourth-order valence-corrected chi connectivity index (χ4v) is 5.10. The number of carbonyl (C=O) groups excluding carboxylic acids is 2. The van der Waals surface area contributed by atoms with Crippen LogP contribution in [0.25, 0.3) is 5.65 Å². The van der Waals surface area contributed by atoms with E-state index in [1.165, 1.54) is 27.7 Å². The summed E-state index contributed by atoms with van der Waals surface area (Å²) in [5.74, 6) is 4.91. The van der Waals surface area contributed by atoms with Crippen molar-refractivity contribution >= 4 is 29.1 Å². The summed E-state index contributed by atoms with van der Waals surface area (Å²) in [5, 5.41) is 17.0. The number of aromatic nitrogens is 4. The summed E-state index contributed by atoms with van der Waals surface area (Å²) >= 11 is 6.23. The van der Waals surface area contributed by atoms with E-state index >= 15 is 0 Å². The van der Waals surface area contributed by atoms with E-state index in [0.29, 0.717) is 22.5 Å². The fourth-order valence-electron chi connectivity index (χ4n) is 4.78. The van der Waals surface area contributed by atoms with E-state index in [1.807, 2.05) is 19.1 Å². The van der Waals surface area contributed by atoms with Crippen molar-refractivity contribution in [2.24, 2.45) is 0 Å². The van der Waals surface area contributed by atoms with Crippen LogP contribution in [0.15, 0.2) is 73.1 Å². The van der Waals surface area contributed by atoms with E-state index in [0.717, 1.165) is 5.56 Å². The average molecular weight is 608 g/mol. The molecule has 0 bridgehead atoms. The van der Waals surface area contributed by atoms with Crippen molar-refractivity contribution in [1.82, 2.24) is 29.4 Å². The molecule has 3 heterocycles. The zero-order chi connectivity index (χ0) is 31.4. The Kier molecular flexibility index (Phi) is 8.75. The van der Waals surface area contributed by atoms with Crippen LogP contribution in [0, 0.1) is 35.9 Å². The molecule has 0 unspecified atom stereocenters. The third-order valence-electron chi connectivity index (χ3n) is 7.36. The van der Waals surface area contributed by atoms with Crippen molar-refractivity contribution < 1.29 is 14.0 Å². The van der Waals surface area contributed by atoms with Crippen LogP contribution in [0.5, 0.6) is 0 Å². The van der Waals surface area contributed by atoms with Gasteiger partial charge < -0.3 is 14.8 Å². The molecule has 9 nitrogen and oxygen atoms in total. The molecule has 220 valence electrons. The van der Waals surface area contributed by atoms with E-state index < -0.39 is 17.8 Å². The molecule has 5 aromatic rings. The lowest BCUT2D eigenvalue weighted by Gasteiger charge is -2.27. The number of fused-ring (bicyclic) bond motifs is 1. The first-order valence-electron chi connectivity index (χ1n) is 13.7. The highest BCUT2D eigenvalue weighted by Gasteiger charge is 2.26. The van der Waals surface area contributed by atoms with Gasteiger partial charge in [0.2, 0.25) is 0 Å². The molecular weight excluding hydrogens is 581 g/mol. The summed E-state index contributed by atoms with van der Waals surface area (Å²) in [6.45, 7) is 3.88. The molecule has 1 atom stereocenters. The van der Waals surface area contributed by atoms with E-state index in [-0.39, 0.29) is 41.0 Å². The lowest BCUT2D eigenvalue weighted by molar-refractivity contribution is 0.0729. The molecule has 44 heavy (non-hydrogen) atoms. The Bertz CT molecular complexity index is 1980. The maximum Gasteiger partial charge on any atom is 0.270 e. The molecular formula is C33H27ClFN7O2. The van der Waals surface area contributed by atoms with E-state index in [2.05, 4.69) is 33.3 Å². The summed E-state index contributed by atoms with van der Waals surface area (Å²) in [7, 11) is 1.55. The number of benzene rings is 2. The first kappa shape index (κ1) is 30.0. The van der Waals surface area contributed by atoms with E-state index in [4.69, 9.17) is 11.6 Å². The first-order valence-corrected chi connectivity index (χ1v) is 14.1. The number of carbonyl (C=O) groups is 2. The Morgan fingerprint density at radius 1 is 1.11 bits per heavy atom. The Hall–Kier alpha value is -5.45. The highest BCUT2D eigenvalue weighted by Crippen LogP contribution is 2.30. The highest BCUT2D eigenvalue weighted by atomic mass is 35.5. The Labute approximate surface area is 258 Å². The predicted octanol–water partition coefficient (Wildman–Crippen LogP) is 5.17. The van der Waals surface area contributed by atoms with Gasteiger partial charge in [-0.3, -0.25) is 9.59 Å². The van der Waals surface area contributed by atoms with E-state index in [1.54, 1.807) is 61.2 Å². The van der Waals surface area contributed by atoms with Crippen LogP contribution in [-0.2, 0) is 6.54 Å². The van der Waals surface area contributed by atoms with Crippen LogP contribution in [0.3, 0.4) is 0 Å². The molecule has 2 aromatic carbocycles. The number of halogens is 2. The maximum absolute atomic E-state index is 14.5. The minimum atomic E-state index is -0.674. The highest BCUT2D eigenvalue weighted by molar-refractivity contribution is 6.31. The average Bonchev–Trinajstić information content (AvgIpc) is 3.63. The monoisotopic (exact) mass is 607 g/mol. The number of aryl methyl sites for hydroxylation is 1. The molecule has 0 aliphatic carbocycles. The number of nitriles is 1. The van der Waals surface area contributed by atoms with Crippen molar-refractivity contribution in [3.63, 3.8) is 0 Å². The van der Waals surface area contributed by atoms with Crippen LogP contribution in [0.4, 0.5) is 4.39 Å². The van der Waals surface area contributed by atoms with E-state index in [9.17, 15) is 19.2 Å². The molecule has 0 saturated carbocycles. The molecule has 0 fully saturated rings. The third kappa shape index (κ3) is 6.03. The van der Waals surface area contributed by atoms with Crippen LogP contribution in [0.2, 0.25) is 5.02 Å². The van der Waals surface area contributed by atoms with Crippen molar-refractivity contribution in [3.05, 3.63) is 123 Å². The van der Waals surface area contributed by atoms with Gasteiger partial charge in [-0.05, 0) is 73.9 Å². The molecule has 0 radical (unpaired) electrons. The number of imidazole rings is 1. The second-order valence-corrected chi connectivity index (χ2v) is 10.5. The summed E-state index contributed by atoms with van der Waals surface area (Å²) in [6, 6.07) is 17.7. The van der Waals surface area contributed by atoms with Crippen LogP contribution in [-0.4, -0.2) is 49.5 Å². The van der Waals surface area contributed by atoms with Crippen molar-refractivity contribution in [1.29, 1.82) is 5.26 Å². The number of hydrogen-bond donors (Lipinski definition) is 1. The Morgan fingerprint density at radius 2 is 1.93 bits per heavy atom. The zero-order valence-corrected chi connectivity index (χ0v) is 24.9. The minimum absolute atomic E-state index is 0.142. The topological polar surface area (TPSA) is 108 Å². The molecule has 0 spiro atoms. The van der Waals surface area contributed by atoms with Crippen molar-refractivity contribution in [3.8, 4) is 17.9 Å². The van der Waals surface area contributed by atoms with Crippen molar-refractivity contribution in [2.75, 3.05) is 13.6 Å². The van der Waals surface area contributed by atoms with Gasteiger partial charge in [-0.25, -0.2) is 13.9 Å². The zero-order valence-electron chi connectivity index (χ0n) is 24.2. The SMILES string of the molecule is Cc1ccc(C(=O)NCCn2c(C#N)ccc2C(=O)N(C)[C@H](C)c2c(F)cccc2Cl)cc1C#Cc1cnc2cccnn12. The Balaban J connectivity index is 1.28. The van der Waals surface area contributed by atoms with Gasteiger partial charge in [0, 0.05) is 48.0 Å². The molecule has 0 aliphatic rings. The van der Waals surface area contributed by atoms with Crippen LogP contribution < -0.4 is 5.32 Å². The molecule has 5 rings (SSSR count). The number of nitrogens with zero attached hydrogens (tertiary/aromatic N) is 6. The summed E-state index contributed by atoms with van der Waals surface area (Å²) in [5.41, 5.74) is 3.99. The number of amides is 2. The minimum Gasteiger partial charge on any atom is -0.350 e. The first-order chi connectivity index (χ1) is 21.2. The van der Waals surface area contributed by atoms with Gasteiger partial charge in [-0.15, -0.1) is 0 Å². The van der Waals surface area contributed by atoms with Crippen LogP contribution >= 0.6 is 11.6 Å². The second kappa shape index (κ2) is 12.8. The largest absolute Gasteiger partial charge is 0.350 e. The molecule has 1 N–H and O–H groups in total. The fraction of sp³-hybridized carbons (Fsp3) is 0.182. The smallest absolute Gasteiger partial charge is 0.270 e. The number of nitrogens with one attached hydrogen (secondary N) is 1. The lowest BCUT2D eigenvalue weighted by Crippen LogP contribution is -2.33. The molecule has 0 saturated heterocycles. The summed E-state index contributed by atoms with van der Waals surface area (Å²) in [4.78, 5) is 32.2. The molecule has 2 amide bonds. The quantitative estimate of drug-likeness (QED) is 0.257. The maximum atomic E-state index is 14.5. The van der Waals surface area contributed by atoms with Gasteiger partial charge >= 0.3 is 0 Å². The van der Waals surface area contributed by atoms with Gasteiger partial charge in [-0.1, -0.05) is 29.7 Å². The molecule has 0 aliphatic heterocycles. The van der Waals surface area contributed by atoms with Crippen LogP contribution in [0.1, 0.15) is 61.9 Å². The van der Waals surface area contributed by atoms with Gasteiger partial charge in [0.15, 0.2) is 5.65 Å². The summed E-state index contributed by atoms with van der Waals surface area (Å²) in [6.07, 6.45) is 3.30.